The summed E-state index contributed by atoms with van der Waals surface area (Å²) in [6, 6.07) is 12.0. The molecule has 206 valence electrons. The lowest BCUT2D eigenvalue weighted by Crippen LogP contribution is -2.31. The molecule has 0 N–H and O–H groups in total. The van der Waals surface area contributed by atoms with Crippen LogP contribution in [0.5, 0.6) is 5.88 Å². The third kappa shape index (κ3) is 4.47. The molecule has 5 rings (SSSR count). The van der Waals surface area contributed by atoms with E-state index < -0.39 is 17.8 Å². The maximum absolute atomic E-state index is 15.4. The van der Waals surface area contributed by atoms with Crippen LogP contribution in [0.1, 0.15) is 58.2 Å². The van der Waals surface area contributed by atoms with Crippen LogP contribution in [-0.2, 0) is 0 Å². The molecule has 40 heavy (non-hydrogen) atoms. The van der Waals surface area contributed by atoms with Gasteiger partial charge in [-0.25, -0.2) is 9.37 Å². The Morgan fingerprint density at radius 3 is 2.42 bits per heavy atom. The maximum Gasteiger partial charge on any atom is 0.279 e. The molecule has 12 heteroatoms. The molecule has 0 saturated carbocycles. The van der Waals surface area contributed by atoms with Crippen molar-refractivity contribution in [3.8, 4) is 17.3 Å². The van der Waals surface area contributed by atoms with Gasteiger partial charge >= 0.3 is 0 Å². The minimum absolute atomic E-state index is 0.0225. The highest BCUT2D eigenvalue weighted by molar-refractivity contribution is 6.31. The van der Waals surface area contributed by atoms with Gasteiger partial charge in [-0.3, -0.25) is 14.5 Å². The number of rotatable bonds is 6. The van der Waals surface area contributed by atoms with Crippen LogP contribution in [0.2, 0.25) is 10.0 Å². The molecule has 0 spiro atoms. The lowest BCUT2D eigenvalue weighted by atomic mass is 10.0. The van der Waals surface area contributed by atoms with Crippen molar-refractivity contribution in [1.29, 1.82) is 0 Å². The number of amides is 2. The minimum Gasteiger partial charge on any atom is -0.479 e. The summed E-state index contributed by atoms with van der Waals surface area (Å²) >= 11 is 12.3. The van der Waals surface area contributed by atoms with Crippen LogP contribution in [0, 0.1) is 5.82 Å². The third-order valence-corrected chi connectivity index (χ3v) is 7.14. The number of anilines is 1. The van der Waals surface area contributed by atoms with Gasteiger partial charge in [0.05, 0.1) is 29.1 Å². The number of benzene rings is 2. The molecular formula is C28H25Cl2FN6O3. The predicted octanol–water partition coefficient (Wildman–Crippen LogP) is 5.83. The van der Waals surface area contributed by atoms with Crippen molar-refractivity contribution in [3.63, 3.8) is 0 Å². The number of ether oxygens (including phenoxy) is 1. The van der Waals surface area contributed by atoms with Gasteiger partial charge in [0.25, 0.3) is 11.8 Å². The second kappa shape index (κ2) is 10.5. The van der Waals surface area contributed by atoms with Crippen molar-refractivity contribution < 1.29 is 18.7 Å². The van der Waals surface area contributed by atoms with E-state index in [4.69, 9.17) is 32.9 Å². The number of halogens is 3. The molecule has 1 unspecified atom stereocenters. The first-order valence-electron chi connectivity index (χ1n) is 12.3. The first kappa shape index (κ1) is 27.5. The molecule has 4 aromatic rings. The zero-order valence-electron chi connectivity index (χ0n) is 22.3. The highest BCUT2D eigenvalue weighted by atomic mass is 35.5. The third-order valence-electron chi connectivity index (χ3n) is 6.60. The van der Waals surface area contributed by atoms with Gasteiger partial charge in [-0.05, 0) is 49.7 Å². The zero-order chi connectivity index (χ0) is 28.9. The molecule has 2 amide bonds. The number of hydrogen-bond donors (Lipinski definition) is 0. The van der Waals surface area contributed by atoms with E-state index in [0.29, 0.717) is 27.7 Å². The van der Waals surface area contributed by atoms with Crippen molar-refractivity contribution in [1.82, 2.24) is 24.6 Å². The number of imidazole rings is 1. The van der Waals surface area contributed by atoms with Gasteiger partial charge in [0, 0.05) is 25.2 Å². The topological polar surface area (TPSA) is 93.5 Å². The molecule has 0 bridgehead atoms. The van der Waals surface area contributed by atoms with Crippen LogP contribution >= 0.6 is 23.2 Å². The van der Waals surface area contributed by atoms with Crippen molar-refractivity contribution in [2.24, 2.45) is 0 Å². The maximum atomic E-state index is 15.4. The Morgan fingerprint density at radius 1 is 1.10 bits per heavy atom. The van der Waals surface area contributed by atoms with Gasteiger partial charge in [-0.1, -0.05) is 41.4 Å². The number of carbonyl (C=O) groups is 2. The van der Waals surface area contributed by atoms with Crippen molar-refractivity contribution in [3.05, 3.63) is 87.0 Å². The van der Waals surface area contributed by atoms with Gasteiger partial charge < -0.3 is 14.2 Å². The Bertz CT molecular complexity index is 1640. The second-order valence-corrected chi connectivity index (χ2v) is 10.5. The summed E-state index contributed by atoms with van der Waals surface area (Å²) in [5.41, 5.74) is 1.84. The summed E-state index contributed by atoms with van der Waals surface area (Å²) in [4.78, 5) is 34.2. The van der Waals surface area contributed by atoms with Crippen molar-refractivity contribution in [2.75, 3.05) is 26.1 Å². The number of fused-ring (bicyclic) bond motifs is 1. The molecule has 9 nitrogen and oxygen atoms in total. The Hall–Kier alpha value is -4.02. The fraction of sp³-hybridized carbons (Fsp3) is 0.250. The molecule has 0 radical (unpaired) electrons. The van der Waals surface area contributed by atoms with E-state index in [1.165, 1.54) is 29.0 Å². The van der Waals surface area contributed by atoms with Gasteiger partial charge in [-0.2, -0.15) is 0 Å². The lowest BCUT2D eigenvalue weighted by Gasteiger charge is -2.29. The standard InChI is InChI=1S/C28H25Cl2FN6O3/c1-14(2)36-24-22(32-25(36)17-13-19(27(38)35(3)4)33-34-26(17)40-5)28(39)37(20-8-6-7-18(30)21(20)31)23(24)15-9-11-16(29)12-10-15/h6-14,23H,1-5H3. The van der Waals surface area contributed by atoms with Crippen LogP contribution in [0.15, 0.2) is 48.5 Å². The average molecular weight is 583 g/mol. The molecule has 0 saturated heterocycles. The number of hydrogen-bond acceptors (Lipinski definition) is 6. The molecule has 1 atom stereocenters. The number of carbonyl (C=O) groups excluding carboxylic acids is 2. The number of aromatic nitrogens is 4. The number of methoxy groups -OCH3 is 1. The smallest absolute Gasteiger partial charge is 0.279 e. The summed E-state index contributed by atoms with van der Waals surface area (Å²) in [6.45, 7) is 3.87. The molecule has 3 heterocycles. The average Bonchev–Trinajstić information content (AvgIpc) is 3.45. The van der Waals surface area contributed by atoms with Gasteiger partial charge in [-0.15, -0.1) is 10.2 Å². The SMILES string of the molecule is COc1nnc(C(=O)N(C)C)cc1-c1nc2c(n1C(C)C)C(c1ccc(Cl)cc1)N(c1cccc(Cl)c1F)C2=O. The first-order valence-corrected chi connectivity index (χ1v) is 13.1. The van der Waals surface area contributed by atoms with E-state index in [1.807, 2.05) is 18.4 Å². The quantitative estimate of drug-likeness (QED) is 0.284. The summed E-state index contributed by atoms with van der Waals surface area (Å²) in [6.07, 6.45) is 0. The van der Waals surface area contributed by atoms with Crippen LogP contribution in [-0.4, -0.2) is 57.7 Å². The zero-order valence-corrected chi connectivity index (χ0v) is 23.8. The van der Waals surface area contributed by atoms with E-state index in [2.05, 4.69) is 10.2 Å². The summed E-state index contributed by atoms with van der Waals surface area (Å²) in [7, 11) is 4.65. The fourth-order valence-electron chi connectivity index (χ4n) is 4.83. The van der Waals surface area contributed by atoms with E-state index >= 15 is 4.39 Å². The normalized spacial score (nSPS) is 14.6. The van der Waals surface area contributed by atoms with E-state index in [1.54, 1.807) is 50.5 Å². The summed E-state index contributed by atoms with van der Waals surface area (Å²) in [5, 5.41) is 8.51. The molecule has 2 aromatic carbocycles. The van der Waals surface area contributed by atoms with Gasteiger partial charge in [0.1, 0.15) is 11.9 Å². The van der Waals surface area contributed by atoms with Crippen LogP contribution in [0.4, 0.5) is 10.1 Å². The Morgan fingerprint density at radius 2 is 1.80 bits per heavy atom. The Balaban J connectivity index is 1.79. The molecule has 1 aliphatic rings. The molecule has 0 fully saturated rings. The minimum atomic E-state index is -0.764. The molecule has 0 aliphatic carbocycles. The van der Waals surface area contributed by atoms with Gasteiger partial charge in [0.15, 0.2) is 17.2 Å². The summed E-state index contributed by atoms with van der Waals surface area (Å²) in [5.74, 6) is -1.09. The van der Waals surface area contributed by atoms with Crippen LogP contribution in [0.25, 0.3) is 11.4 Å². The summed E-state index contributed by atoms with van der Waals surface area (Å²) < 4.78 is 22.7. The highest BCUT2D eigenvalue weighted by Gasteiger charge is 2.46. The van der Waals surface area contributed by atoms with Crippen LogP contribution < -0.4 is 9.64 Å². The van der Waals surface area contributed by atoms with Crippen LogP contribution in [0.3, 0.4) is 0 Å². The monoisotopic (exact) mass is 582 g/mol. The van der Waals surface area contributed by atoms with Gasteiger partial charge in [0.2, 0.25) is 5.88 Å². The molecule has 1 aliphatic heterocycles. The predicted molar refractivity (Wildman–Crippen MR) is 150 cm³/mol. The van der Waals surface area contributed by atoms with E-state index in [-0.39, 0.29) is 39.9 Å². The van der Waals surface area contributed by atoms with Crippen molar-refractivity contribution >= 4 is 40.7 Å². The van der Waals surface area contributed by atoms with E-state index in [0.717, 1.165) is 0 Å². The first-order chi connectivity index (χ1) is 19.0. The van der Waals surface area contributed by atoms with Crippen molar-refractivity contribution in [2.45, 2.75) is 25.9 Å². The molecule has 2 aromatic heterocycles. The number of nitrogens with zero attached hydrogens (tertiary/aromatic N) is 6. The second-order valence-electron chi connectivity index (χ2n) is 9.69. The van der Waals surface area contributed by atoms with E-state index in [9.17, 15) is 9.59 Å². The lowest BCUT2D eigenvalue weighted by molar-refractivity contribution is 0.0820. The Labute approximate surface area is 240 Å². The fourth-order valence-corrected chi connectivity index (χ4v) is 5.13. The Kier molecular flexibility index (Phi) is 7.24. The molecular weight excluding hydrogens is 558 g/mol. The highest BCUT2D eigenvalue weighted by Crippen LogP contribution is 2.46. The largest absolute Gasteiger partial charge is 0.479 e.